The van der Waals surface area contributed by atoms with Gasteiger partial charge in [-0.25, -0.2) is 0 Å². The third kappa shape index (κ3) is 7.89. The second-order valence-electron chi connectivity index (χ2n) is 8.10. The number of amides is 2. The van der Waals surface area contributed by atoms with Gasteiger partial charge in [-0.3, -0.25) is 9.59 Å². The van der Waals surface area contributed by atoms with E-state index in [0.717, 1.165) is 11.3 Å². The van der Waals surface area contributed by atoms with E-state index in [1.165, 1.54) is 11.1 Å². The first-order valence-electron chi connectivity index (χ1n) is 10.8. The van der Waals surface area contributed by atoms with Crippen molar-refractivity contribution in [2.75, 3.05) is 12.3 Å². The van der Waals surface area contributed by atoms with Crippen LogP contribution in [0, 0.1) is 12.8 Å². The van der Waals surface area contributed by atoms with Gasteiger partial charge in [0.1, 0.15) is 6.04 Å². The monoisotopic (exact) mass is 460 g/mol. The Balaban J connectivity index is 2.14. The number of carbonyl (C=O) groups excluding carboxylic acids is 2. The van der Waals surface area contributed by atoms with Gasteiger partial charge in [0.2, 0.25) is 11.8 Å². The van der Waals surface area contributed by atoms with E-state index in [0.29, 0.717) is 36.2 Å². The van der Waals surface area contributed by atoms with Crippen molar-refractivity contribution in [1.29, 1.82) is 0 Å². The number of thioether (sulfide) groups is 1. The van der Waals surface area contributed by atoms with Crippen LogP contribution in [0.1, 0.15) is 43.9 Å². The molecule has 31 heavy (non-hydrogen) atoms. The molecule has 2 aromatic rings. The predicted molar refractivity (Wildman–Crippen MR) is 131 cm³/mol. The summed E-state index contributed by atoms with van der Waals surface area (Å²) in [5, 5.41) is 3.59. The van der Waals surface area contributed by atoms with Crippen LogP contribution in [0.5, 0.6) is 0 Å². The number of aryl methyl sites for hydroxylation is 1. The smallest absolute Gasteiger partial charge is 0.242 e. The molecule has 1 N–H and O–H groups in total. The van der Waals surface area contributed by atoms with E-state index in [4.69, 9.17) is 11.6 Å². The highest BCUT2D eigenvalue weighted by molar-refractivity contribution is 7.99. The van der Waals surface area contributed by atoms with Crippen molar-refractivity contribution in [3.8, 4) is 0 Å². The second kappa shape index (κ2) is 12.8. The molecule has 0 radical (unpaired) electrons. The highest BCUT2D eigenvalue weighted by Crippen LogP contribution is 2.22. The van der Waals surface area contributed by atoms with Crippen molar-refractivity contribution in [3.63, 3.8) is 0 Å². The SMILES string of the molecule is CCC(C(=O)NCC(C)C)N(Cc1ccccc1Cl)C(=O)CSCc1ccccc1C. The Labute approximate surface area is 195 Å². The van der Waals surface area contributed by atoms with Crippen molar-refractivity contribution < 1.29 is 9.59 Å². The van der Waals surface area contributed by atoms with Crippen LogP contribution in [0.15, 0.2) is 48.5 Å². The van der Waals surface area contributed by atoms with E-state index >= 15 is 0 Å². The Morgan fingerprint density at radius 3 is 2.32 bits per heavy atom. The van der Waals surface area contributed by atoms with Crippen LogP contribution < -0.4 is 5.32 Å². The normalized spacial score (nSPS) is 11.9. The fourth-order valence-electron chi connectivity index (χ4n) is 3.26. The molecular formula is C25H33ClN2O2S. The molecule has 0 aliphatic heterocycles. The second-order valence-corrected chi connectivity index (χ2v) is 9.49. The number of nitrogens with zero attached hydrogens (tertiary/aromatic N) is 1. The van der Waals surface area contributed by atoms with E-state index in [9.17, 15) is 9.59 Å². The van der Waals surface area contributed by atoms with Gasteiger partial charge < -0.3 is 10.2 Å². The number of carbonyl (C=O) groups is 2. The van der Waals surface area contributed by atoms with E-state index in [1.807, 2.05) is 43.3 Å². The molecule has 2 amide bonds. The first-order valence-corrected chi connectivity index (χ1v) is 12.3. The first kappa shape index (κ1) is 25.3. The molecule has 0 saturated carbocycles. The van der Waals surface area contributed by atoms with Crippen molar-refractivity contribution >= 4 is 35.2 Å². The fraction of sp³-hybridized carbons (Fsp3) is 0.440. The maximum Gasteiger partial charge on any atom is 0.242 e. The van der Waals surface area contributed by atoms with Gasteiger partial charge in [-0.05, 0) is 42.0 Å². The lowest BCUT2D eigenvalue weighted by Crippen LogP contribution is -2.50. The maximum absolute atomic E-state index is 13.3. The number of hydrogen-bond acceptors (Lipinski definition) is 3. The minimum absolute atomic E-state index is 0.0509. The molecule has 2 rings (SSSR count). The molecule has 1 unspecified atom stereocenters. The third-order valence-corrected chi connectivity index (χ3v) is 6.45. The summed E-state index contributed by atoms with van der Waals surface area (Å²) in [4.78, 5) is 27.8. The molecule has 0 fully saturated rings. The summed E-state index contributed by atoms with van der Waals surface area (Å²) in [6, 6.07) is 15.1. The summed E-state index contributed by atoms with van der Waals surface area (Å²) in [5.41, 5.74) is 3.28. The number of nitrogens with one attached hydrogen (secondary N) is 1. The zero-order valence-corrected chi connectivity index (χ0v) is 20.4. The van der Waals surface area contributed by atoms with Gasteiger partial charge in [0.15, 0.2) is 0 Å². The lowest BCUT2D eigenvalue weighted by Gasteiger charge is -2.31. The van der Waals surface area contributed by atoms with Gasteiger partial charge in [0, 0.05) is 23.9 Å². The van der Waals surface area contributed by atoms with Crippen LogP contribution in [0.25, 0.3) is 0 Å². The number of rotatable bonds is 11. The molecule has 4 nitrogen and oxygen atoms in total. The maximum atomic E-state index is 13.3. The number of benzene rings is 2. The Morgan fingerprint density at radius 2 is 1.71 bits per heavy atom. The van der Waals surface area contributed by atoms with Crippen LogP contribution in [0.2, 0.25) is 5.02 Å². The average Bonchev–Trinajstić information content (AvgIpc) is 2.74. The molecule has 0 aliphatic carbocycles. The molecular weight excluding hydrogens is 428 g/mol. The Kier molecular flexibility index (Phi) is 10.4. The molecule has 0 bridgehead atoms. The summed E-state index contributed by atoms with van der Waals surface area (Å²) in [7, 11) is 0. The van der Waals surface area contributed by atoms with Gasteiger partial charge in [0.25, 0.3) is 0 Å². The molecule has 1 atom stereocenters. The van der Waals surface area contributed by atoms with Crippen LogP contribution in [-0.2, 0) is 21.9 Å². The summed E-state index contributed by atoms with van der Waals surface area (Å²) in [6.45, 7) is 9.02. The lowest BCUT2D eigenvalue weighted by atomic mass is 10.1. The minimum atomic E-state index is -0.526. The van der Waals surface area contributed by atoms with Gasteiger partial charge in [-0.2, -0.15) is 0 Å². The molecule has 2 aromatic carbocycles. The van der Waals surface area contributed by atoms with Crippen LogP contribution >= 0.6 is 23.4 Å². The number of hydrogen-bond donors (Lipinski definition) is 1. The molecule has 0 aromatic heterocycles. The zero-order chi connectivity index (χ0) is 22.8. The van der Waals surface area contributed by atoms with Crippen molar-refractivity contribution in [2.45, 2.75) is 52.5 Å². The Hall–Kier alpha value is -1.98. The fourth-order valence-corrected chi connectivity index (χ4v) is 4.44. The van der Waals surface area contributed by atoms with Crippen LogP contribution in [-0.4, -0.2) is 35.1 Å². The molecule has 168 valence electrons. The molecule has 0 heterocycles. The zero-order valence-electron chi connectivity index (χ0n) is 18.9. The summed E-state index contributed by atoms with van der Waals surface area (Å²) >= 11 is 7.93. The summed E-state index contributed by atoms with van der Waals surface area (Å²) in [6.07, 6.45) is 0.544. The van der Waals surface area contributed by atoms with E-state index in [2.05, 4.69) is 38.2 Å². The molecule has 0 spiro atoms. The van der Waals surface area contributed by atoms with E-state index in [1.54, 1.807) is 16.7 Å². The van der Waals surface area contributed by atoms with Crippen LogP contribution in [0.4, 0.5) is 0 Å². The van der Waals surface area contributed by atoms with Gasteiger partial charge in [-0.15, -0.1) is 11.8 Å². The summed E-state index contributed by atoms with van der Waals surface area (Å²) in [5.74, 6) is 1.26. The lowest BCUT2D eigenvalue weighted by molar-refractivity contribution is -0.139. The predicted octanol–water partition coefficient (Wildman–Crippen LogP) is 5.46. The average molecular weight is 461 g/mol. The Morgan fingerprint density at radius 1 is 1.06 bits per heavy atom. The van der Waals surface area contributed by atoms with Crippen LogP contribution in [0.3, 0.4) is 0 Å². The van der Waals surface area contributed by atoms with Gasteiger partial charge in [-0.1, -0.05) is 74.8 Å². The molecule has 0 saturated heterocycles. The van der Waals surface area contributed by atoms with E-state index < -0.39 is 6.04 Å². The van der Waals surface area contributed by atoms with Crippen molar-refractivity contribution in [1.82, 2.24) is 10.2 Å². The highest BCUT2D eigenvalue weighted by atomic mass is 35.5. The Bertz CT molecular complexity index is 872. The standard InChI is InChI=1S/C25H33ClN2O2S/c1-5-23(25(30)27-14-18(2)3)28(15-20-11-8-9-13-22(20)26)24(29)17-31-16-21-12-7-6-10-19(21)4/h6-13,18,23H,5,14-17H2,1-4H3,(H,27,30). The largest absolute Gasteiger partial charge is 0.354 e. The number of halogens is 1. The van der Waals surface area contributed by atoms with Crippen molar-refractivity contribution in [3.05, 3.63) is 70.2 Å². The minimum Gasteiger partial charge on any atom is -0.354 e. The summed E-state index contributed by atoms with van der Waals surface area (Å²) < 4.78 is 0. The first-order chi connectivity index (χ1) is 14.8. The quantitative estimate of drug-likeness (QED) is 0.484. The molecule has 0 aliphatic rings. The third-order valence-electron chi connectivity index (χ3n) is 5.11. The highest BCUT2D eigenvalue weighted by Gasteiger charge is 2.29. The van der Waals surface area contributed by atoms with Crippen molar-refractivity contribution in [2.24, 2.45) is 5.92 Å². The molecule has 6 heteroatoms. The topological polar surface area (TPSA) is 49.4 Å². The van der Waals surface area contributed by atoms with Gasteiger partial charge >= 0.3 is 0 Å². The van der Waals surface area contributed by atoms with Gasteiger partial charge in [0.05, 0.1) is 5.75 Å². The van der Waals surface area contributed by atoms with E-state index in [-0.39, 0.29) is 11.8 Å².